The van der Waals surface area contributed by atoms with Crippen molar-refractivity contribution in [3.63, 3.8) is 0 Å². The molecule has 0 atom stereocenters. The summed E-state index contributed by atoms with van der Waals surface area (Å²) in [5, 5.41) is 9.27. The van der Waals surface area contributed by atoms with Gasteiger partial charge in [-0.05, 0) is 53.0 Å². The van der Waals surface area contributed by atoms with Crippen molar-refractivity contribution in [1.82, 2.24) is 9.88 Å². The lowest BCUT2D eigenvalue weighted by atomic mass is 9.93. The fraction of sp³-hybridized carbons (Fsp3) is 0.400. The Kier molecular flexibility index (Phi) is 9.21. The number of aromatic nitrogens is 1. The van der Waals surface area contributed by atoms with Crippen molar-refractivity contribution in [2.24, 2.45) is 0 Å². The van der Waals surface area contributed by atoms with E-state index in [9.17, 15) is 59.2 Å². The van der Waals surface area contributed by atoms with Gasteiger partial charge in [0.1, 0.15) is 22.7 Å². The fourth-order valence-electron chi connectivity index (χ4n) is 4.00. The number of likely N-dealkylation sites (N-methyl/N-ethyl adjacent to an activating group) is 2. The smallest absolute Gasteiger partial charge is 0.433 e. The van der Waals surface area contributed by atoms with Gasteiger partial charge in [-0.1, -0.05) is 6.07 Å². The van der Waals surface area contributed by atoms with Crippen LogP contribution in [0.15, 0.2) is 34.8 Å². The lowest BCUT2D eigenvalue weighted by Gasteiger charge is -2.31. The average molecular weight is 704 g/mol. The summed E-state index contributed by atoms with van der Waals surface area (Å²) in [5.41, 5.74) is -10.7. The Labute approximate surface area is 250 Å². The van der Waals surface area contributed by atoms with Crippen LogP contribution in [0.25, 0.3) is 0 Å². The third kappa shape index (κ3) is 6.12. The third-order valence-corrected chi connectivity index (χ3v) is 7.33. The normalized spacial score (nSPS) is 14.5. The molecule has 1 aliphatic rings. The molecular formula is C25H19BrF9N5O4. The van der Waals surface area contributed by atoms with Crippen LogP contribution in [0, 0.1) is 11.3 Å². The van der Waals surface area contributed by atoms with E-state index in [0.717, 1.165) is 30.0 Å². The molecule has 3 rings (SSSR count). The van der Waals surface area contributed by atoms with E-state index >= 15 is 0 Å². The highest BCUT2D eigenvalue weighted by atomic mass is 79.9. The molecule has 19 heteroatoms. The number of nitriles is 1. The molecule has 1 aromatic carbocycles. The van der Waals surface area contributed by atoms with E-state index in [2.05, 4.69) is 25.7 Å². The van der Waals surface area contributed by atoms with Crippen LogP contribution in [0.1, 0.15) is 28.9 Å². The molecule has 3 amide bonds. The summed E-state index contributed by atoms with van der Waals surface area (Å²) in [4.78, 5) is 44.8. The first-order valence-corrected chi connectivity index (χ1v) is 12.8. The zero-order valence-corrected chi connectivity index (χ0v) is 24.1. The van der Waals surface area contributed by atoms with E-state index in [1.165, 1.54) is 19.2 Å². The summed E-state index contributed by atoms with van der Waals surface area (Å²) in [6.45, 7) is -3.84. The minimum absolute atomic E-state index is 0.00467. The molecule has 0 aliphatic heterocycles. The number of pyridine rings is 1. The van der Waals surface area contributed by atoms with Gasteiger partial charge in [-0.2, -0.15) is 40.4 Å². The lowest BCUT2D eigenvalue weighted by molar-refractivity contribution is -0.348. The number of rotatable bonds is 7. The minimum atomic E-state index is -6.58. The maximum Gasteiger partial charge on any atom is 0.435 e. The summed E-state index contributed by atoms with van der Waals surface area (Å²) in [7, 11) is 3.25. The summed E-state index contributed by atoms with van der Waals surface area (Å²) in [6.07, 6.45) is -12.4. The lowest BCUT2D eigenvalue weighted by Crippen LogP contribution is -2.50. The fourth-order valence-corrected chi connectivity index (χ4v) is 4.71. The van der Waals surface area contributed by atoms with Crippen molar-refractivity contribution < 1.29 is 58.6 Å². The number of hydrogen-bond acceptors (Lipinski definition) is 6. The molecule has 44 heavy (non-hydrogen) atoms. The van der Waals surface area contributed by atoms with Gasteiger partial charge in [-0.3, -0.25) is 19.3 Å². The number of amides is 3. The van der Waals surface area contributed by atoms with Gasteiger partial charge in [-0.25, -0.2) is 9.37 Å². The first-order chi connectivity index (χ1) is 20.1. The number of benzene rings is 1. The molecule has 0 N–H and O–H groups in total. The van der Waals surface area contributed by atoms with Crippen molar-refractivity contribution >= 4 is 45.2 Å². The van der Waals surface area contributed by atoms with Crippen molar-refractivity contribution in [1.29, 1.82) is 5.26 Å². The van der Waals surface area contributed by atoms with E-state index in [1.54, 1.807) is 0 Å². The Morgan fingerprint density at radius 3 is 2.02 bits per heavy atom. The van der Waals surface area contributed by atoms with Crippen LogP contribution in [0.4, 0.5) is 51.0 Å². The zero-order chi connectivity index (χ0) is 33.6. The highest BCUT2D eigenvalue weighted by Gasteiger charge is 2.73. The quantitative estimate of drug-likeness (QED) is 0.279. The maximum absolute atomic E-state index is 14.7. The molecule has 0 unspecified atom stereocenters. The Bertz CT molecular complexity index is 1510. The van der Waals surface area contributed by atoms with Gasteiger partial charge in [0.2, 0.25) is 0 Å². The molecule has 0 bridgehead atoms. The highest BCUT2D eigenvalue weighted by Crippen LogP contribution is 2.55. The van der Waals surface area contributed by atoms with Gasteiger partial charge in [0.15, 0.2) is 5.75 Å². The van der Waals surface area contributed by atoms with E-state index in [1.807, 2.05) is 6.07 Å². The van der Waals surface area contributed by atoms with Gasteiger partial charge < -0.3 is 14.5 Å². The maximum atomic E-state index is 14.7. The van der Waals surface area contributed by atoms with Crippen LogP contribution in [-0.2, 0) is 15.3 Å². The third-order valence-electron chi connectivity index (χ3n) is 6.73. The first-order valence-electron chi connectivity index (χ1n) is 12.0. The number of carbonyl (C=O) groups excluding carboxylic acids is 3. The summed E-state index contributed by atoms with van der Waals surface area (Å²) < 4.78 is 124. The van der Waals surface area contributed by atoms with Gasteiger partial charge in [-0.15, -0.1) is 0 Å². The van der Waals surface area contributed by atoms with Gasteiger partial charge in [0.25, 0.3) is 5.91 Å². The van der Waals surface area contributed by atoms with E-state index in [-0.39, 0.29) is 18.0 Å². The van der Waals surface area contributed by atoms with Crippen LogP contribution < -0.4 is 14.5 Å². The standard InChI is InChI=1S/C25H19BrF9N5O4/c1-38(19(42)20(43)40(3)22(11-36)7-8-22)16-6-4-5-14(37-16)18(41)39(2)17-13(26)9-12(10-15(17)44-21(27)28)23(29,24(30,31)32)25(33,34)35/h4-6,9-10,21H,7-8H2,1-3H3. The Morgan fingerprint density at radius 2 is 1.55 bits per heavy atom. The predicted molar refractivity (Wildman–Crippen MR) is 136 cm³/mol. The van der Waals surface area contributed by atoms with Crippen LogP contribution in [0.5, 0.6) is 5.75 Å². The number of halogens is 10. The molecule has 9 nitrogen and oxygen atoms in total. The number of carbonyl (C=O) groups is 3. The molecule has 1 aromatic heterocycles. The van der Waals surface area contributed by atoms with Crippen molar-refractivity contribution in [3.05, 3.63) is 46.1 Å². The molecule has 2 aromatic rings. The highest BCUT2D eigenvalue weighted by molar-refractivity contribution is 9.10. The van der Waals surface area contributed by atoms with Crippen LogP contribution >= 0.6 is 15.9 Å². The second-order valence-electron chi connectivity index (χ2n) is 9.45. The topological polar surface area (TPSA) is 107 Å². The molecular weight excluding hydrogens is 685 g/mol. The Morgan fingerprint density at radius 1 is 0.977 bits per heavy atom. The summed E-state index contributed by atoms with van der Waals surface area (Å²) in [6, 6.07) is 5.13. The molecule has 238 valence electrons. The predicted octanol–water partition coefficient (Wildman–Crippen LogP) is 5.49. The number of nitrogens with zero attached hydrogens (tertiary/aromatic N) is 5. The zero-order valence-electron chi connectivity index (χ0n) is 22.5. The molecule has 1 aliphatic carbocycles. The number of anilines is 2. The number of alkyl halides is 9. The van der Waals surface area contributed by atoms with Crippen molar-refractivity contribution in [2.75, 3.05) is 30.9 Å². The van der Waals surface area contributed by atoms with E-state index < -0.39 is 75.1 Å². The summed E-state index contributed by atoms with van der Waals surface area (Å²) >= 11 is 2.61. The monoisotopic (exact) mass is 703 g/mol. The average Bonchev–Trinajstić information content (AvgIpc) is 3.74. The summed E-state index contributed by atoms with van der Waals surface area (Å²) in [5.74, 6) is -5.13. The molecule has 0 radical (unpaired) electrons. The Balaban J connectivity index is 2.01. The first kappa shape index (κ1) is 34.4. The van der Waals surface area contributed by atoms with Crippen molar-refractivity contribution in [3.8, 4) is 11.8 Å². The molecule has 0 saturated heterocycles. The van der Waals surface area contributed by atoms with Gasteiger partial charge in [0.05, 0.1) is 6.07 Å². The van der Waals surface area contributed by atoms with E-state index in [0.29, 0.717) is 17.7 Å². The molecule has 1 heterocycles. The Hall–Kier alpha value is -4.08. The van der Waals surface area contributed by atoms with Crippen molar-refractivity contribution in [2.45, 2.75) is 43.0 Å². The second-order valence-corrected chi connectivity index (χ2v) is 10.3. The van der Waals surface area contributed by atoms with Gasteiger partial charge >= 0.3 is 36.4 Å². The van der Waals surface area contributed by atoms with Crippen LogP contribution in [0.2, 0.25) is 0 Å². The molecule has 1 saturated carbocycles. The van der Waals surface area contributed by atoms with Crippen LogP contribution in [-0.4, -0.2) is 73.3 Å². The number of ether oxygens (including phenoxy) is 1. The molecule has 1 fully saturated rings. The minimum Gasteiger partial charge on any atom is -0.433 e. The van der Waals surface area contributed by atoms with Gasteiger partial charge in [0, 0.05) is 31.2 Å². The SMILES string of the molecule is CN(C(=O)C(=O)N(C)C1(C#N)CC1)c1cccc(C(=O)N(C)c2c(Br)cc(C(F)(C(F)(F)F)C(F)(F)F)cc2OC(F)F)n1. The van der Waals surface area contributed by atoms with Crippen LogP contribution in [0.3, 0.4) is 0 Å². The number of hydrogen-bond donors (Lipinski definition) is 0. The van der Waals surface area contributed by atoms with E-state index in [4.69, 9.17) is 0 Å². The molecule has 0 spiro atoms. The largest absolute Gasteiger partial charge is 0.435 e. The second kappa shape index (κ2) is 11.8.